The van der Waals surface area contributed by atoms with Gasteiger partial charge in [-0.1, -0.05) is 30.3 Å². The monoisotopic (exact) mass is 469 g/mol. The van der Waals surface area contributed by atoms with E-state index in [0.717, 1.165) is 50.7 Å². The Morgan fingerprint density at radius 3 is 2.77 bits per heavy atom. The van der Waals surface area contributed by atoms with Crippen LogP contribution in [0.25, 0.3) is 0 Å². The molecule has 1 N–H and O–H groups in total. The van der Waals surface area contributed by atoms with E-state index in [1.807, 2.05) is 18.2 Å². The Balaban J connectivity index is 0.00000243. The lowest BCUT2D eigenvalue weighted by molar-refractivity contribution is 0.117. The van der Waals surface area contributed by atoms with Crippen LogP contribution in [-0.4, -0.2) is 43.7 Å². The van der Waals surface area contributed by atoms with Gasteiger partial charge in [0.15, 0.2) is 5.96 Å². The molecule has 1 unspecified atom stereocenters. The number of ether oxygens (including phenoxy) is 1. The lowest BCUT2D eigenvalue weighted by Crippen LogP contribution is -2.40. The van der Waals surface area contributed by atoms with Crippen molar-refractivity contribution < 1.29 is 9.15 Å². The lowest BCUT2D eigenvalue weighted by Gasteiger charge is -2.23. The van der Waals surface area contributed by atoms with Crippen LogP contribution in [0.4, 0.5) is 0 Å². The van der Waals surface area contributed by atoms with Gasteiger partial charge in [-0.05, 0) is 30.5 Å². The molecule has 3 rings (SSSR count). The number of nitrogens with zero attached hydrogens (tertiary/aromatic N) is 2. The summed E-state index contributed by atoms with van der Waals surface area (Å²) >= 11 is 0. The zero-order valence-electron chi connectivity index (χ0n) is 15.3. The normalized spacial score (nSPS) is 17.0. The first kappa shape index (κ1) is 20.8. The van der Waals surface area contributed by atoms with Gasteiger partial charge in [0.25, 0.3) is 0 Å². The van der Waals surface area contributed by atoms with E-state index in [4.69, 9.17) is 14.1 Å². The van der Waals surface area contributed by atoms with Crippen molar-refractivity contribution in [3.05, 3.63) is 60.1 Å². The molecule has 0 saturated carbocycles. The van der Waals surface area contributed by atoms with Crippen LogP contribution >= 0.6 is 24.0 Å². The van der Waals surface area contributed by atoms with Gasteiger partial charge >= 0.3 is 0 Å². The molecule has 0 bridgehead atoms. The van der Waals surface area contributed by atoms with E-state index in [2.05, 4.69) is 41.5 Å². The fourth-order valence-corrected chi connectivity index (χ4v) is 2.97. The van der Waals surface area contributed by atoms with E-state index in [-0.39, 0.29) is 30.1 Å². The molecule has 0 aliphatic carbocycles. The molecule has 1 aliphatic rings. The summed E-state index contributed by atoms with van der Waals surface area (Å²) in [6.07, 6.45) is 5.05. The molecule has 6 heteroatoms. The Labute approximate surface area is 172 Å². The van der Waals surface area contributed by atoms with Crippen LogP contribution in [0.1, 0.15) is 24.2 Å². The standard InChI is InChI=1S/C20H27N3O2.HI/c1-23(16-17-7-3-2-4-8-17)20(22-15-19-10-6-14-25-19)21-12-11-18-9-5-13-24-18;/h2-5,7-9,13,19H,6,10-12,14-16H2,1H3,(H,21,22);1H. The first-order valence-electron chi connectivity index (χ1n) is 8.98. The number of hydrogen-bond donors (Lipinski definition) is 1. The number of benzene rings is 1. The smallest absolute Gasteiger partial charge is 0.194 e. The number of aliphatic imine (C=N–C) groups is 1. The molecule has 1 fully saturated rings. The summed E-state index contributed by atoms with van der Waals surface area (Å²) in [4.78, 5) is 6.96. The summed E-state index contributed by atoms with van der Waals surface area (Å²) in [7, 11) is 2.07. The van der Waals surface area contributed by atoms with E-state index in [9.17, 15) is 0 Å². The number of halogens is 1. The van der Waals surface area contributed by atoms with Crippen LogP contribution in [0.2, 0.25) is 0 Å². The molecule has 2 heterocycles. The molecule has 26 heavy (non-hydrogen) atoms. The van der Waals surface area contributed by atoms with Crippen molar-refractivity contribution in [2.24, 2.45) is 4.99 Å². The highest BCUT2D eigenvalue weighted by Gasteiger charge is 2.16. The van der Waals surface area contributed by atoms with Crippen molar-refractivity contribution in [3.8, 4) is 0 Å². The Bertz CT molecular complexity index is 640. The first-order valence-corrected chi connectivity index (χ1v) is 8.98. The van der Waals surface area contributed by atoms with Gasteiger partial charge in [0.05, 0.1) is 18.9 Å². The molecular weight excluding hydrogens is 441 g/mol. The maximum Gasteiger partial charge on any atom is 0.194 e. The molecule has 1 aromatic heterocycles. The highest BCUT2D eigenvalue weighted by Crippen LogP contribution is 2.12. The second kappa shape index (κ2) is 11.2. The van der Waals surface area contributed by atoms with Crippen LogP contribution in [0.5, 0.6) is 0 Å². The molecular formula is C20H28IN3O2. The molecule has 0 radical (unpaired) electrons. The summed E-state index contributed by atoms with van der Waals surface area (Å²) in [5.74, 6) is 1.89. The van der Waals surface area contributed by atoms with E-state index >= 15 is 0 Å². The third kappa shape index (κ3) is 6.64. The minimum Gasteiger partial charge on any atom is -0.469 e. The van der Waals surface area contributed by atoms with Crippen LogP contribution in [0, 0.1) is 0 Å². The van der Waals surface area contributed by atoms with Gasteiger partial charge in [-0.3, -0.25) is 4.99 Å². The van der Waals surface area contributed by atoms with Gasteiger partial charge in [-0.2, -0.15) is 0 Å². The Morgan fingerprint density at radius 2 is 2.08 bits per heavy atom. The molecule has 1 atom stereocenters. The van der Waals surface area contributed by atoms with Gasteiger partial charge in [0, 0.05) is 33.2 Å². The van der Waals surface area contributed by atoms with E-state index in [1.165, 1.54) is 5.56 Å². The SMILES string of the molecule is CN(Cc1ccccc1)C(=NCC1CCCO1)NCCc1ccco1.I. The minimum atomic E-state index is 0. The number of rotatable bonds is 7. The summed E-state index contributed by atoms with van der Waals surface area (Å²) in [5, 5.41) is 3.46. The first-order chi connectivity index (χ1) is 12.3. The summed E-state index contributed by atoms with van der Waals surface area (Å²) < 4.78 is 11.1. The topological polar surface area (TPSA) is 50.0 Å². The van der Waals surface area contributed by atoms with Crippen molar-refractivity contribution in [1.82, 2.24) is 10.2 Å². The summed E-state index contributed by atoms with van der Waals surface area (Å²) in [6, 6.07) is 14.4. The molecule has 2 aromatic rings. The Kier molecular flexibility index (Phi) is 8.97. The molecule has 0 spiro atoms. The highest BCUT2D eigenvalue weighted by atomic mass is 127. The minimum absolute atomic E-state index is 0. The van der Waals surface area contributed by atoms with Crippen LogP contribution in [0.3, 0.4) is 0 Å². The predicted molar refractivity (Wildman–Crippen MR) is 115 cm³/mol. The maximum atomic E-state index is 5.70. The molecule has 5 nitrogen and oxygen atoms in total. The third-order valence-corrected chi connectivity index (χ3v) is 4.33. The highest BCUT2D eigenvalue weighted by molar-refractivity contribution is 14.0. The van der Waals surface area contributed by atoms with Crippen LogP contribution < -0.4 is 5.32 Å². The second-order valence-corrected chi connectivity index (χ2v) is 6.40. The van der Waals surface area contributed by atoms with Crippen LogP contribution in [0.15, 0.2) is 58.1 Å². The van der Waals surface area contributed by atoms with E-state index in [0.29, 0.717) is 6.54 Å². The Morgan fingerprint density at radius 1 is 1.23 bits per heavy atom. The van der Waals surface area contributed by atoms with Gasteiger partial charge in [0.1, 0.15) is 5.76 Å². The zero-order valence-corrected chi connectivity index (χ0v) is 17.6. The van der Waals surface area contributed by atoms with E-state index in [1.54, 1.807) is 6.26 Å². The van der Waals surface area contributed by atoms with E-state index < -0.39 is 0 Å². The van der Waals surface area contributed by atoms with Crippen molar-refractivity contribution in [1.29, 1.82) is 0 Å². The van der Waals surface area contributed by atoms with Gasteiger partial charge in [-0.15, -0.1) is 24.0 Å². The Hall–Kier alpha value is -1.54. The van der Waals surface area contributed by atoms with Crippen molar-refractivity contribution >= 4 is 29.9 Å². The third-order valence-electron chi connectivity index (χ3n) is 4.33. The van der Waals surface area contributed by atoms with Gasteiger partial charge in [0.2, 0.25) is 0 Å². The van der Waals surface area contributed by atoms with Gasteiger partial charge in [-0.25, -0.2) is 0 Å². The molecule has 1 aliphatic heterocycles. The van der Waals surface area contributed by atoms with Crippen LogP contribution in [-0.2, 0) is 17.7 Å². The number of furan rings is 1. The van der Waals surface area contributed by atoms with Crippen molar-refractivity contribution in [2.75, 3.05) is 26.7 Å². The second-order valence-electron chi connectivity index (χ2n) is 6.40. The predicted octanol–water partition coefficient (Wildman–Crippen LogP) is 3.70. The molecule has 1 saturated heterocycles. The largest absolute Gasteiger partial charge is 0.469 e. The average Bonchev–Trinajstić information content (AvgIpc) is 3.32. The van der Waals surface area contributed by atoms with Gasteiger partial charge < -0.3 is 19.4 Å². The van der Waals surface area contributed by atoms with Crippen molar-refractivity contribution in [3.63, 3.8) is 0 Å². The fraction of sp³-hybridized carbons (Fsp3) is 0.450. The average molecular weight is 469 g/mol. The molecule has 1 aromatic carbocycles. The molecule has 142 valence electrons. The number of hydrogen-bond acceptors (Lipinski definition) is 3. The quantitative estimate of drug-likeness (QED) is 0.382. The zero-order chi connectivity index (χ0) is 17.3. The van der Waals surface area contributed by atoms with Crippen molar-refractivity contribution in [2.45, 2.75) is 31.9 Å². The maximum absolute atomic E-state index is 5.70. The lowest BCUT2D eigenvalue weighted by atomic mass is 10.2. The number of nitrogens with one attached hydrogen (secondary N) is 1. The summed E-state index contributed by atoms with van der Waals surface area (Å²) in [5.41, 5.74) is 1.27. The fourth-order valence-electron chi connectivity index (χ4n) is 2.97. The molecule has 0 amide bonds. The summed E-state index contributed by atoms with van der Waals surface area (Å²) in [6.45, 7) is 3.18. The number of guanidine groups is 1.